The topological polar surface area (TPSA) is 75.1 Å². The van der Waals surface area contributed by atoms with Gasteiger partial charge in [0.2, 0.25) is 5.95 Å². The fourth-order valence-corrected chi connectivity index (χ4v) is 3.21. The van der Waals surface area contributed by atoms with Crippen molar-refractivity contribution in [2.45, 2.75) is 31.1 Å². The standard InChI is InChI=1S/C17H19N3O2/c1-18-16-19-10-13(11-20-16)12-5-4-6-14(9-12)17(15(21)22)7-2-3-8-17/h4-6,9-11H,2-3,7-8H2,1H3,(H,21,22)(H,18,19,20). The second-order valence-corrected chi connectivity index (χ2v) is 5.72. The summed E-state index contributed by atoms with van der Waals surface area (Å²) in [5.74, 6) is -0.151. The highest BCUT2D eigenvalue weighted by Crippen LogP contribution is 2.42. The number of carboxylic acids is 1. The highest BCUT2D eigenvalue weighted by molar-refractivity contribution is 5.82. The molecule has 0 unspecified atom stereocenters. The molecule has 1 aliphatic carbocycles. The van der Waals surface area contributed by atoms with Crippen LogP contribution in [0.15, 0.2) is 36.7 Å². The van der Waals surface area contributed by atoms with E-state index in [9.17, 15) is 9.90 Å². The number of nitrogens with one attached hydrogen (secondary N) is 1. The van der Waals surface area contributed by atoms with E-state index in [1.165, 1.54) is 0 Å². The lowest BCUT2D eigenvalue weighted by atomic mass is 9.78. The summed E-state index contributed by atoms with van der Waals surface area (Å²) < 4.78 is 0. The molecule has 2 aromatic rings. The van der Waals surface area contributed by atoms with E-state index >= 15 is 0 Å². The van der Waals surface area contributed by atoms with Gasteiger partial charge in [-0.05, 0) is 30.0 Å². The molecular weight excluding hydrogens is 278 g/mol. The van der Waals surface area contributed by atoms with Crippen LogP contribution in [0.25, 0.3) is 11.1 Å². The molecule has 0 spiro atoms. The van der Waals surface area contributed by atoms with Crippen LogP contribution in [0.5, 0.6) is 0 Å². The molecular formula is C17H19N3O2. The smallest absolute Gasteiger partial charge is 0.314 e. The highest BCUT2D eigenvalue weighted by Gasteiger charge is 2.42. The third-order valence-corrected chi connectivity index (χ3v) is 4.49. The van der Waals surface area contributed by atoms with Crippen LogP contribution in [0.2, 0.25) is 0 Å². The largest absolute Gasteiger partial charge is 0.481 e. The normalized spacial score (nSPS) is 16.4. The number of benzene rings is 1. The van der Waals surface area contributed by atoms with Crippen LogP contribution >= 0.6 is 0 Å². The van der Waals surface area contributed by atoms with Crippen LogP contribution < -0.4 is 5.32 Å². The van der Waals surface area contributed by atoms with Crippen LogP contribution in [0.1, 0.15) is 31.2 Å². The van der Waals surface area contributed by atoms with Gasteiger partial charge in [0.15, 0.2) is 0 Å². The first kappa shape index (κ1) is 14.5. The molecule has 0 aliphatic heterocycles. The first-order chi connectivity index (χ1) is 10.7. The number of rotatable bonds is 4. The fourth-order valence-electron chi connectivity index (χ4n) is 3.21. The third-order valence-electron chi connectivity index (χ3n) is 4.49. The predicted molar refractivity (Wildman–Crippen MR) is 84.8 cm³/mol. The van der Waals surface area contributed by atoms with E-state index in [0.717, 1.165) is 29.5 Å². The van der Waals surface area contributed by atoms with Crippen molar-refractivity contribution in [3.8, 4) is 11.1 Å². The summed E-state index contributed by atoms with van der Waals surface area (Å²) in [4.78, 5) is 20.3. The maximum atomic E-state index is 11.8. The maximum absolute atomic E-state index is 11.8. The summed E-state index contributed by atoms with van der Waals surface area (Å²) in [6.07, 6.45) is 6.86. The molecule has 3 rings (SSSR count). The van der Waals surface area contributed by atoms with E-state index in [-0.39, 0.29) is 0 Å². The summed E-state index contributed by atoms with van der Waals surface area (Å²) >= 11 is 0. The van der Waals surface area contributed by atoms with Crippen molar-refractivity contribution in [2.75, 3.05) is 12.4 Å². The second-order valence-electron chi connectivity index (χ2n) is 5.72. The number of anilines is 1. The van der Waals surface area contributed by atoms with Crippen molar-refractivity contribution < 1.29 is 9.90 Å². The molecule has 5 heteroatoms. The number of carboxylic acid groups (broad SMARTS) is 1. The minimum atomic E-state index is -0.734. The molecule has 1 heterocycles. The van der Waals surface area contributed by atoms with Crippen molar-refractivity contribution in [1.82, 2.24) is 9.97 Å². The van der Waals surface area contributed by atoms with Gasteiger partial charge in [-0.2, -0.15) is 0 Å². The van der Waals surface area contributed by atoms with Crippen molar-refractivity contribution in [2.24, 2.45) is 0 Å². The van der Waals surface area contributed by atoms with E-state index in [1.54, 1.807) is 19.4 Å². The van der Waals surface area contributed by atoms with Gasteiger partial charge in [-0.15, -0.1) is 0 Å². The molecule has 1 fully saturated rings. The Bertz CT molecular complexity index is 677. The zero-order chi connectivity index (χ0) is 15.6. The SMILES string of the molecule is CNc1ncc(-c2cccc(C3(C(=O)O)CCCC3)c2)cn1. The zero-order valence-corrected chi connectivity index (χ0v) is 12.5. The minimum absolute atomic E-state index is 0.567. The molecule has 2 N–H and O–H groups in total. The van der Waals surface area contributed by atoms with Crippen molar-refractivity contribution >= 4 is 11.9 Å². The number of aliphatic carboxylic acids is 1. The molecule has 1 aromatic heterocycles. The monoisotopic (exact) mass is 297 g/mol. The lowest BCUT2D eigenvalue weighted by molar-refractivity contribution is -0.143. The van der Waals surface area contributed by atoms with Crippen molar-refractivity contribution in [3.63, 3.8) is 0 Å². The van der Waals surface area contributed by atoms with Crippen LogP contribution in [0, 0.1) is 0 Å². The van der Waals surface area contributed by atoms with E-state index in [0.29, 0.717) is 18.8 Å². The molecule has 0 bridgehead atoms. The average molecular weight is 297 g/mol. The molecule has 0 saturated heterocycles. The lowest BCUT2D eigenvalue weighted by Gasteiger charge is -2.24. The van der Waals surface area contributed by atoms with Gasteiger partial charge in [0.25, 0.3) is 0 Å². The van der Waals surface area contributed by atoms with Gasteiger partial charge in [0.05, 0.1) is 5.41 Å². The van der Waals surface area contributed by atoms with Gasteiger partial charge >= 0.3 is 5.97 Å². The summed E-state index contributed by atoms with van der Waals surface area (Å²) in [5.41, 5.74) is 1.99. The first-order valence-electron chi connectivity index (χ1n) is 7.50. The molecule has 1 aliphatic rings. The molecule has 0 atom stereocenters. The van der Waals surface area contributed by atoms with Crippen LogP contribution in [0.3, 0.4) is 0 Å². The number of aromatic nitrogens is 2. The Labute approximate surface area is 129 Å². The van der Waals surface area contributed by atoms with E-state index in [4.69, 9.17) is 0 Å². The number of nitrogens with zero attached hydrogens (tertiary/aromatic N) is 2. The Morgan fingerprint density at radius 1 is 1.18 bits per heavy atom. The lowest BCUT2D eigenvalue weighted by Crippen LogP contribution is -2.32. The van der Waals surface area contributed by atoms with Gasteiger partial charge in [0.1, 0.15) is 0 Å². The van der Waals surface area contributed by atoms with Gasteiger partial charge in [0, 0.05) is 25.0 Å². The van der Waals surface area contributed by atoms with E-state index in [1.807, 2.05) is 24.3 Å². The van der Waals surface area contributed by atoms with Gasteiger partial charge in [-0.1, -0.05) is 31.0 Å². The zero-order valence-electron chi connectivity index (χ0n) is 12.5. The van der Waals surface area contributed by atoms with Crippen LogP contribution in [-0.2, 0) is 10.2 Å². The van der Waals surface area contributed by atoms with E-state index in [2.05, 4.69) is 15.3 Å². The Hall–Kier alpha value is -2.43. The van der Waals surface area contributed by atoms with Gasteiger partial charge < -0.3 is 10.4 Å². The Kier molecular flexibility index (Phi) is 3.79. The summed E-state index contributed by atoms with van der Waals surface area (Å²) in [6, 6.07) is 7.77. The molecule has 114 valence electrons. The van der Waals surface area contributed by atoms with Gasteiger partial charge in [-0.25, -0.2) is 9.97 Å². The molecule has 22 heavy (non-hydrogen) atoms. The van der Waals surface area contributed by atoms with Crippen molar-refractivity contribution in [3.05, 3.63) is 42.2 Å². The Morgan fingerprint density at radius 3 is 2.45 bits per heavy atom. The van der Waals surface area contributed by atoms with Crippen LogP contribution in [-0.4, -0.2) is 28.1 Å². The summed E-state index contributed by atoms with van der Waals surface area (Å²) in [6.45, 7) is 0. The van der Waals surface area contributed by atoms with Crippen LogP contribution in [0.4, 0.5) is 5.95 Å². The second kappa shape index (κ2) is 5.75. The minimum Gasteiger partial charge on any atom is -0.481 e. The summed E-state index contributed by atoms with van der Waals surface area (Å²) in [5, 5.41) is 12.6. The van der Waals surface area contributed by atoms with E-state index < -0.39 is 11.4 Å². The quantitative estimate of drug-likeness (QED) is 0.907. The maximum Gasteiger partial charge on any atom is 0.314 e. The summed E-state index contributed by atoms with van der Waals surface area (Å²) in [7, 11) is 1.77. The molecule has 0 amide bonds. The molecule has 0 radical (unpaired) electrons. The number of hydrogen-bond acceptors (Lipinski definition) is 4. The Morgan fingerprint density at radius 2 is 1.86 bits per heavy atom. The average Bonchev–Trinajstić information content (AvgIpc) is 3.06. The number of hydrogen-bond donors (Lipinski definition) is 2. The third kappa shape index (κ3) is 2.43. The Balaban J connectivity index is 2.00. The van der Waals surface area contributed by atoms with Crippen molar-refractivity contribution in [1.29, 1.82) is 0 Å². The number of carbonyl (C=O) groups is 1. The predicted octanol–water partition coefficient (Wildman–Crippen LogP) is 3.08. The molecule has 1 aromatic carbocycles. The molecule has 1 saturated carbocycles. The first-order valence-corrected chi connectivity index (χ1v) is 7.50. The molecule has 5 nitrogen and oxygen atoms in total. The van der Waals surface area contributed by atoms with Gasteiger partial charge in [-0.3, -0.25) is 4.79 Å². The fraction of sp³-hybridized carbons (Fsp3) is 0.353. The highest BCUT2D eigenvalue weighted by atomic mass is 16.4.